The molecule has 2 aliphatic carbocycles. The summed E-state index contributed by atoms with van der Waals surface area (Å²) in [6, 6.07) is 0. The monoisotopic (exact) mass is 274 g/mol. The highest BCUT2D eigenvalue weighted by Gasteiger charge is 2.49. The smallest absolute Gasteiger partial charge is 0.272 e. The fourth-order valence-corrected chi connectivity index (χ4v) is 3.81. The van der Waals surface area contributed by atoms with Crippen LogP contribution >= 0.6 is 0 Å². The number of nitrogens with zero attached hydrogens (tertiary/aromatic N) is 1. The molecule has 0 atom stereocenters. The Hall–Kier alpha value is -1.36. The summed E-state index contributed by atoms with van der Waals surface area (Å²) in [5.74, 6) is 0.865. The lowest BCUT2D eigenvalue weighted by atomic mass is 9.65. The molecule has 5 nitrogen and oxygen atoms in total. The second kappa shape index (κ2) is 4.58. The second-order valence-corrected chi connectivity index (χ2v) is 6.63. The first-order chi connectivity index (χ1) is 9.78. The Balaban J connectivity index is 1.44. The topological polar surface area (TPSA) is 69.8 Å². The van der Waals surface area contributed by atoms with Crippen LogP contribution in [0.25, 0.3) is 0 Å². The van der Waals surface area contributed by atoms with Crippen LogP contribution in [-0.4, -0.2) is 29.2 Å². The first-order valence-corrected chi connectivity index (χ1v) is 7.83. The van der Waals surface area contributed by atoms with E-state index < -0.39 is 0 Å². The van der Waals surface area contributed by atoms with E-state index in [2.05, 4.69) is 20.8 Å². The molecule has 1 aromatic rings. The molecule has 108 valence electrons. The molecule has 5 heteroatoms. The van der Waals surface area contributed by atoms with Gasteiger partial charge in [0.25, 0.3) is 5.91 Å². The lowest BCUT2D eigenvalue weighted by Gasteiger charge is -2.42. The van der Waals surface area contributed by atoms with Gasteiger partial charge in [-0.05, 0) is 37.0 Å². The lowest BCUT2D eigenvalue weighted by Crippen LogP contribution is -2.44. The summed E-state index contributed by atoms with van der Waals surface area (Å²) in [4.78, 5) is 12.4. The van der Waals surface area contributed by atoms with E-state index in [4.69, 9.17) is 0 Å². The minimum absolute atomic E-state index is 0.00174. The number of carbonyl (C=O) groups excluding carboxylic acids is 1. The van der Waals surface area contributed by atoms with E-state index in [0.717, 1.165) is 43.2 Å². The van der Waals surface area contributed by atoms with Gasteiger partial charge in [0.1, 0.15) is 0 Å². The first-order valence-electron chi connectivity index (χ1n) is 7.83. The molecule has 4 rings (SSSR count). The van der Waals surface area contributed by atoms with E-state index in [-0.39, 0.29) is 5.91 Å². The van der Waals surface area contributed by atoms with E-state index in [1.807, 2.05) is 0 Å². The maximum atomic E-state index is 12.4. The molecule has 0 spiro atoms. The van der Waals surface area contributed by atoms with Crippen molar-refractivity contribution in [3.8, 4) is 0 Å². The van der Waals surface area contributed by atoms with E-state index in [1.54, 1.807) is 0 Å². The molecule has 3 N–H and O–H groups in total. The van der Waals surface area contributed by atoms with Crippen LogP contribution in [0.2, 0.25) is 0 Å². The van der Waals surface area contributed by atoms with Crippen LogP contribution in [-0.2, 0) is 13.0 Å². The molecule has 0 radical (unpaired) electrons. The number of H-pyrrole nitrogens is 1. The molecule has 1 aliphatic heterocycles. The second-order valence-electron chi connectivity index (χ2n) is 6.63. The largest absolute Gasteiger partial charge is 0.350 e. The van der Waals surface area contributed by atoms with Gasteiger partial charge in [0.05, 0.1) is 0 Å². The minimum Gasteiger partial charge on any atom is -0.350 e. The highest BCUT2D eigenvalue weighted by atomic mass is 16.1. The normalized spacial score (nSPS) is 23.8. The Bertz CT molecular complexity index is 528. The predicted octanol–water partition coefficient (Wildman–Crippen LogP) is 1.37. The van der Waals surface area contributed by atoms with Crippen molar-refractivity contribution in [1.29, 1.82) is 0 Å². The van der Waals surface area contributed by atoms with Gasteiger partial charge in [0.2, 0.25) is 0 Å². The molecular weight excluding hydrogens is 252 g/mol. The highest BCUT2D eigenvalue weighted by Crippen LogP contribution is 2.56. The fourth-order valence-electron chi connectivity index (χ4n) is 3.81. The van der Waals surface area contributed by atoms with Crippen molar-refractivity contribution in [2.75, 3.05) is 13.1 Å². The molecule has 3 aliphatic rings. The molecule has 0 bridgehead atoms. The van der Waals surface area contributed by atoms with Gasteiger partial charge in [0.15, 0.2) is 5.69 Å². The Morgan fingerprint density at radius 3 is 2.95 bits per heavy atom. The summed E-state index contributed by atoms with van der Waals surface area (Å²) in [5.41, 5.74) is 3.19. The Morgan fingerprint density at radius 1 is 1.40 bits per heavy atom. The van der Waals surface area contributed by atoms with E-state index in [0.29, 0.717) is 11.1 Å². The average Bonchev–Trinajstić information content (AvgIpc) is 3.17. The molecule has 1 aromatic heterocycles. The van der Waals surface area contributed by atoms with Crippen molar-refractivity contribution in [3.63, 3.8) is 0 Å². The average molecular weight is 274 g/mol. The third kappa shape index (κ3) is 1.95. The van der Waals surface area contributed by atoms with Crippen LogP contribution in [0.4, 0.5) is 0 Å². The Labute approximate surface area is 118 Å². The van der Waals surface area contributed by atoms with Crippen LogP contribution < -0.4 is 10.6 Å². The number of amides is 1. The Kier molecular flexibility index (Phi) is 2.84. The maximum Gasteiger partial charge on any atom is 0.272 e. The number of nitrogens with one attached hydrogen (secondary N) is 3. The van der Waals surface area contributed by atoms with E-state index >= 15 is 0 Å². The molecule has 1 amide bonds. The van der Waals surface area contributed by atoms with Gasteiger partial charge < -0.3 is 10.6 Å². The van der Waals surface area contributed by atoms with Crippen molar-refractivity contribution >= 4 is 5.91 Å². The zero-order valence-electron chi connectivity index (χ0n) is 11.8. The Morgan fingerprint density at radius 2 is 2.25 bits per heavy atom. The lowest BCUT2D eigenvalue weighted by molar-refractivity contribution is 0.0777. The number of aromatic nitrogens is 2. The van der Waals surface area contributed by atoms with Gasteiger partial charge >= 0.3 is 0 Å². The molecule has 0 unspecified atom stereocenters. The summed E-state index contributed by atoms with van der Waals surface area (Å²) in [6.07, 6.45) is 7.56. The van der Waals surface area contributed by atoms with Gasteiger partial charge in [-0.15, -0.1) is 0 Å². The summed E-state index contributed by atoms with van der Waals surface area (Å²) < 4.78 is 0. The minimum atomic E-state index is -0.00174. The zero-order chi connectivity index (χ0) is 13.6. The van der Waals surface area contributed by atoms with Crippen LogP contribution in [0, 0.1) is 11.3 Å². The molecule has 20 heavy (non-hydrogen) atoms. The van der Waals surface area contributed by atoms with E-state index in [1.165, 1.54) is 32.1 Å². The van der Waals surface area contributed by atoms with Crippen LogP contribution in [0.3, 0.4) is 0 Å². The molecule has 0 aromatic carbocycles. The van der Waals surface area contributed by atoms with Crippen molar-refractivity contribution in [3.05, 3.63) is 17.0 Å². The molecule has 0 saturated heterocycles. The van der Waals surface area contributed by atoms with Gasteiger partial charge in [-0.25, -0.2) is 0 Å². The van der Waals surface area contributed by atoms with Gasteiger partial charge in [-0.2, -0.15) is 5.10 Å². The molecule has 2 fully saturated rings. The SMILES string of the molecule is O=C(NCC1(C2CC2)CCC1)c1n[nH]c2c1CNCC2. The van der Waals surface area contributed by atoms with Crippen molar-refractivity contribution in [2.24, 2.45) is 11.3 Å². The molecule has 2 heterocycles. The van der Waals surface area contributed by atoms with Crippen LogP contribution in [0.1, 0.15) is 53.8 Å². The number of hydrogen-bond donors (Lipinski definition) is 3. The van der Waals surface area contributed by atoms with Crippen molar-refractivity contribution in [2.45, 2.75) is 45.1 Å². The zero-order valence-corrected chi connectivity index (χ0v) is 11.8. The summed E-state index contributed by atoms with van der Waals surface area (Å²) >= 11 is 0. The third-order valence-electron chi connectivity index (χ3n) is 5.42. The number of rotatable bonds is 4. The number of carbonyl (C=O) groups is 1. The third-order valence-corrected chi connectivity index (χ3v) is 5.42. The maximum absolute atomic E-state index is 12.4. The van der Waals surface area contributed by atoms with Crippen molar-refractivity contribution < 1.29 is 4.79 Å². The predicted molar refractivity (Wildman–Crippen MR) is 75.3 cm³/mol. The summed E-state index contributed by atoms with van der Waals surface area (Å²) in [7, 11) is 0. The number of aromatic amines is 1. The number of fused-ring (bicyclic) bond motifs is 1. The summed E-state index contributed by atoms with van der Waals surface area (Å²) in [6.45, 7) is 2.55. The fraction of sp³-hybridized carbons (Fsp3) is 0.733. The standard InChI is InChI=1S/C15H22N4O/c20-14(13-11-8-16-7-4-12(11)18-19-13)17-9-15(5-1-6-15)10-2-3-10/h10,16H,1-9H2,(H,17,20)(H,18,19). The molecule has 2 saturated carbocycles. The van der Waals surface area contributed by atoms with Crippen LogP contribution in [0.5, 0.6) is 0 Å². The quantitative estimate of drug-likeness (QED) is 0.776. The van der Waals surface area contributed by atoms with Gasteiger partial charge in [-0.3, -0.25) is 9.89 Å². The highest BCUT2D eigenvalue weighted by molar-refractivity contribution is 5.94. The summed E-state index contributed by atoms with van der Waals surface area (Å²) in [5, 5.41) is 13.7. The van der Waals surface area contributed by atoms with Crippen molar-refractivity contribution in [1.82, 2.24) is 20.8 Å². The van der Waals surface area contributed by atoms with Gasteiger partial charge in [0, 0.05) is 37.3 Å². The number of hydrogen-bond acceptors (Lipinski definition) is 3. The van der Waals surface area contributed by atoms with Gasteiger partial charge in [-0.1, -0.05) is 6.42 Å². The molecular formula is C15H22N4O. The van der Waals surface area contributed by atoms with Crippen LogP contribution in [0.15, 0.2) is 0 Å². The van der Waals surface area contributed by atoms with E-state index in [9.17, 15) is 4.79 Å². The first kappa shape index (κ1) is 12.4.